The van der Waals surface area contributed by atoms with Crippen molar-refractivity contribution in [1.82, 2.24) is 10.2 Å². The molecule has 4 rings (SSSR count). The number of aryl methyl sites for hydroxylation is 1. The largest absolute Gasteiger partial charge is 0.352 e. The second kappa shape index (κ2) is 13.9. The summed E-state index contributed by atoms with van der Waals surface area (Å²) in [5.74, 6) is -1.80. The molecule has 0 radical (unpaired) electrons. The number of halogens is 3. The Labute approximate surface area is 256 Å². The van der Waals surface area contributed by atoms with Crippen LogP contribution in [0.25, 0.3) is 0 Å². The highest BCUT2D eigenvalue weighted by molar-refractivity contribution is 7.92. The lowest BCUT2D eigenvalue weighted by atomic mass is 10.1. The molecule has 3 aromatic rings. The third-order valence-electron chi connectivity index (χ3n) is 7.43. The normalized spacial score (nSPS) is 14.4. The molecule has 0 saturated heterocycles. The zero-order valence-electron chi connectivity index (χ0n) is 23.5. The molecule has 1 saturated carbocycles. The predicted molar refractivity (Wildman–Crippen MR) is 164 cm³/mol. The zero-order valence-corrected chi connectivity index (χ0v) is 25.9. The monoisotopic (exact) mass is 633 g/mol. The summed E-state index contributed by atoms with van der Waals surface area (Å²) in [6, 6.07) is 15.5. The fourth-order valence-corrected chi connectivity index (χ4v) is 6.87. The lowest BCUT2D eigenvalue weighted by molar-refractivity contribution is -0.140. The first kappa shape index (κ1) is 31.8. The maximum absolute atomic E-state index is 15.1. The minimum absolute atomic E-state index is 0.0188. The minimum atomic E-state index is -4.37. The van der Waals surface area contributed by atoms with E-state index < -0.39 is 34.3 Å². The molecule has 1 aliphatic carbocycles. The molecule has 0 aliphatic heterocycles. The van der Waals surface area contributed by atoms with Gasteiger partial charge in [0.2, 0.25) is 11.8 Å². The third-order valence-corrected chi connectivity index (χ3v) is 9.95. The van der Waals surface area contributed by atoms with E-state index in [1.807, 2.05) is 6.92 Å². The summed E-state index contributed by atoms with van der Waals surface area (Å²) in [5.41, 5.74) is 1.17. The number of hydrogen-bond acceptors (Lipinski definition) is 4. The van der Waals surface area contributed by atoms with E-state index >= 15 is 4.39 Å². The number of carbonyl (C=O) groups is 2. The predicted octanol–water partition coefficient (Wildman–Crippen LogP) is 6.50. The van der Waals surface area contributed by atoms with Crippen LogP contribution in [0.5, 0.6) is 0 Å². The lowest BCUT2D eigenvalue weighted by Gasteiger charge is -2.34. The van der Waals surface area contributed by atoms with Gasteiger partial charge in [0.05, 0.1) is 20.6 Å². The number of rotatable bonds is 11. The van der Waals surface area contributed by atoms with E-state index in [1.165, 1.54) is 35.2 Å². The molecule has 1 fully saturated rings. The molecule has 1 atom stereocenters. The Kier molecular flexibility index (Phi) is 10.5. The molecule has 7 nitrogen and oxygen atoms in total. The van der Waals surface area contributed by atoms with Crippen molar-refractivity contribution in [2.75, 3.05) is 10.8 Å². The Morgan fingerprint density at radius 1 is 1.00 bits per heavy atom. The first-order chi connectivity index (χ1) is 20.0. The van der Waals surface area contributed by atoms with E-state index in [0.29, 0.717) is 10.6 Å². The van der Waals surface area contributed by atoms with Crippen LogP contribution < -0.4 is 9.62 Å². The van der Waals surface area contributed by atoms with Gasteiger partial charge in [0, 0.05) is 12.6 Å². The third kappa shape index (κ3) is 7.43. The van der Waals surface area contributed by atoms with Crippen LogP contribution in [0, 0.1) is 12.7 Å². The molecule has 0 heterocycles. The molecule has 1 aliphatic rings. The van der Waals surface area contributed by atoms with E-state index in [0.717, 1.165) is 41.6 Å². The van der Waals surface area contributed by atoms with Crippen molar-refractivity contribution in [2.24, 2.45) is 0 Å². The van der Waals surface area contributed by atoms with Crippen molar-refractivity contribution < 1.29 is 22.4 Å². The Balaban J connectivity index is 1.73. The van der Waals surface area contributed by atoms with Crippen LogP contribution in [0.3, 0.4) is 0 Å². The quantitative estimate of drug-likeness (QED) is 0.261. The topological polar surface area (TPSA) is 86.8 Å². The van der Waals surface area contributed by atoms with Crippen molar-refractivity contribution in [2.45, 2.75) is 69.5 Å². The highest BCUT2D eigenvalue weighted by Crippen LogP contribution is 2.28. The van der Waals surface area contributed by atoms with Crippen molar-refractivity contribution in [1.29, 1.82) is 0 Å². The van der Waals surface area contributed by atoms with E-state index in [-0.39, 0.29) is 40.5 Å². The van der Waals surface area contributed by atoms with Crippen LogP contribution >= 0.6 is 23.2 Å². The summed E-state index contributed by atoms with van der Waals surface area (Å²) < 4.78 is 43.6. The smallest absolute Gasteiger partial charge is 0.264 e. The van der Waals surface area contributed by atoms with Gasteiger partial charge in [0.1, 0.15) is 18.4 Å². The van der Waals surface area contributed by atoms with E-state index in [4.69, 9.17) is 23.2 Å². The summed E-state index contributed by atoms with van der Waals surface area (Å²) in [5, 5.41) is 3.67. The average Bonchev–Trinajstić information content (AvgIpc) is 3.47. The van der Waals surface area contributed by atoms with Gasteiger partial charge < -0.3 is 10.2 Å². The van der Waals surface area contributed by atoms with Crippen LogP contribution in [0.1, 0.15) is 50.2 Å². The number of nitrogens with one attached hydrogen (secondary N) is 1. The number of anilines is 1. The van der Waals surface area contributed by atoms with Crippen LogP contribution in [0.15, 0.2) is 71.6 Å². The SMILES string of the molecule is CC[C@H](C(=O)NC1CCCC1)N(Cc1ccc(Cl)c(Cl)c1)C(=O)CN(c1ccccc1F)S(=O)(=O)c1ccc(C)cc1. The standard InChI is InChI=1S/C31H34Cl2FN3O4S/c1-3-28(31(39)35-23-8-4-5-9-23)36(19-22-14-17-25(32)26(33)18-22)30(38)20-37(29-11-7-6-10-27(29)34)42(40,41)24-15-12-21(2)13-16-24/h6-7,10-18,23,28H,3-5,8-9,19-20H2,1-2H3,(H,35,39)/t28-/m1/s1. The Morgan fingerprint density at radius 3 is 2.29 bits per heavy atom. The summed E-state index contributed by atoms with van der Waals surface area (Å²) in [6.45, 7) is 2.83. The second-order valence-corrected chi connectivity index (χ2v) is 13.1. The van der Waals surface area contributed by atoms with Crippen LogP contribution in [-0.2, 0) is 26.2 Å². The number of amides is 2. The molecular weight excluding hydrogens is 600 g/mol. The van der Waals surface area contributed by atoms with Gasteiger partial charge in [-0.3, -0.25) is 13.9 Å². The molecule has 0 aromatic heterocycles. The van der Waals surface area contributed by atoms with E-state index in [2.05, 4.69) is 5.32 Å². The van der Waals surface area contributed by atoms with E-state index in [1.54, 1.807) is 37.3 Å². The summed E-state index contributed by atoms with van der Waals surface area (Å²) in [7, 11) is -4.37. The van der Waals surface area contributed by atoms with Crippen LogP contribution in [0.2, 0.25) is 10.0 Å². The number of sulfonamides is 1. The van der Waals surface area contributed by atoms with E-state index in [9.17, 15) is 18.0 Å². The van der Waals surface area contributed by atoms with Gasteiger partial charge in [-0.1, -0.05) is 78.9 Å². The fourth-order valence-electron chi connectivity index (χ4n) is 5.13. The molecule has 0 unspecified atom stereocenters. The molecule has 11 heteroatoms. The molecule has 3 aromatic carbocycles. The van der Waals surface area contributed by atoms with Crippen LogP contribution in [0.4, 0.5) is 10.1 Å². The molecule has 0 spiro atoms. The Morgan fingerprint density at radius 2 is 1.67 bits per heavy atom. The number of carbonyl (C=O) groups excluding carboxylic acids is 2. The first-order valence-corrected chi connectivity index (χ1v) is 16.1. The highest BCUT2D eigenvalue weighted by Gasteiger charge is 2.35. The molecule has 224 valence electrons. The maximum atomic E-state index is 15.1. The number of para-hydroxylation sites is 1. The Bertz CT molecular complexity index is 1530. The fraction of sp³-hybridized carbons (Fsp3) is 0.355. The molecule has 1 N–H and O–H groups in total. The minimum Gasteiger partial charge on any atom is -0.352 e. The van der Waals surface area contributed by atoms with Gasteiger partial charge in [0.15, 0.2) is 0 Å². The van der Waals surface area contributed by atoms with Gasteiger partial charge in [-0.2, -0.15) is 0 Å². The average molecular weight is 635 g/mol. The maximum Gasteiger partial charge on any atom is 0.264 e. The van der Waals surface area contributed by atoms with Crippen molar-refractivity contribution in [3.8, 4) is 0 Å². The van der Waals surface area contributed by atoms with Crippen LogP contribution in [-0.4, -0.2) is 43.8 Å². The Hall–Kier alpha value is -3.14. The molecule has 0 bridgehead atoms. The lowest BCUT2D eigenvalue weighted by Crippen LogP contribution is -2.53. The first-order valence-electron chi connectivity index (χ1n) is 13.9. The zero-order chi connectivity index (χ0) is 30.4. The molecular formula is C31H34Cl2FN3O4S. The number of benzene rings is 3. The molecule has 42 heavy (non-hydrogen) atoms. The van der Waals surface area contributed by atoms with Gasteiger partial charge >= 0.3 is 0 Å². The van der Waals surface area contributed by atoms with Crippen molar-refractivity contribution in [3.63, 3.8) is 0 Å². The van der Waals surface area contributed by atoms with Gasteiger partial charge in [-0.05, 0) is 68.1 Å². The van der Waals surface area contributed by atoms with Gasteiger partial charge in [0.25, 0.3) is 10.0 Å². The van der Waals surface area contributed by atoms with Gasteiger partial charge in [-0.25, -0.2) is 12.8 Å². The number of nitrogens with zero attached hydrogens (tertiary/aromatic N) is 2. The highest BCUT2D eigenvalue weighted by atomic mass is 35.5. The van der Waals surface area contributed by atoms with Crippen molar-refractivity contribution >= 4 is 50.7 Å². The second-order valence-electron chi connectivity index (χ2n) is 10.5. The number of hydrogen-bond donors (Lipinski definition) is 1. The van der Waals surface area contributed by atoms with Crippen molar-refractivity contribution in [3.05, 3.63) is 93.7 Å². The van der Waals surface area contributed by atoms with Gasteiger partial charge in [-0.15, -0.1) is 0 Å². The summed E-state index contributed by atoms with van der Waals surface area (Å²) in [4.78, 5) is 28.9. The summed E-state index contributed by atoms with van der Waals surface area (Å²) in [6.07, 6.45) is 4.03. The summed E-state index contributed by atoms with van der Waals surface area (Å²) >= 11 is 12.3. The molecule has 2 amide bonds.